The lowest BCUT2D eigenvalue weighted by molar-refractivity contribution is -0.137. The lowest BCUT2D eigenvalue weighted by atomic mass is 9.83. The molecule has 1 heterocycles. The Balaban J connectivity index is 1.97. The first-order chi connectivity index (χ1) is 16.5. The number of amides is 4. The first kappa shape index (κ1) is 24.0. The molecule has 0 aromatic heterocycles. The van der Waals surface area contributed by atoms with Crippen molar-refractivity contribution in [2.45, 2.75) is 31.5 Å². The third-order valence-corrected chi connectivity index (χ3v) is 6.00. The van der Waals surface area contributed by atoms with Gasteiger partial charge in [0.25, 0.3) is 0 Å². The van der Waals surface area contributed by atoms with Crippen LogP contribution in [0.5, 0.6) is 0 Å². The van der Waals surface area contributed by atoms with Gasteiger partial charge in [0.05, 0.1) is 28.9 Å². The number of anilines is 1. The van der Waals surface area contributed by atoms with Gasteiger partial charge in [-0.3, -0.25) is 9.69 Å². The summed E-state index contributed by atoms with van der Waals surface area (Å²) >= 11 is 0. The summed E-state index contributed by atoms with van der Waals surface area (Å²) in [6, 6.07) is 9.76. The number of imide groups is 1. The number of Topliss-reactive ketones (excluding diaryl/α,β-unsaturated/α-hetero) is 1. The molecule has 2 aliphatic rings. The van der Waals surface area contributed by atoms with E-state index in [2.05, 4.69) is 0 Å². The summed E-state index contributed by atoms with van der Waals surface area (Å²) in [7, 11) is 2.87. The van der Waals surface area contributed by atoms with Crippen molar-refractivity contribution in [3.63, 3.8) is 0 Å². The van der Waals surface area contributed by atoms with E-state index in [1.54, 1.807) is 12.1 Å². The molecule has 0 fully saturated rings. The Morgan fingerprint density at radius 1 is 1.09 bits per heavy atom. The molecule has 0 spiro atoms. The summed E-state index contributed by atoms with van der Waals surface area (Å²) in [6.45, 7) is 0. The lowest BCUT2D eigenvalue weighted by Crippen LogP contribution is -2.56. The number of halogens is 3. The SMILES string of the molecule is CN(C)C(=O)N1C(=O)N(c2cccc(C(F)(F)F)c2)C2=C(C(=O)CCC2)C1c1ccc(C#N)cc1. The summed E-state index contributed by atoms with van der Waals surface area (Å²) in [5.41, 5.74) is 0.236. The molecule has 2 aromatic rings. The van der Waals surface area contributed by atoms with Crippen LogP contribution in [0.15, 0.2) is 59.8 Å². The number of hydrogen-bond donors (Lipinski definition) is 0. The van der Waals surface area contributed by atoms with E-state index in [1.807, 2.05) is 6.07 Å². The number of ketones is 1. The smallest absolute Gasteiger partial charge is 0.330 e. The van der Waals surface area contributed by atoms with E-state index in [1.165, 1.54) is 38.4 Å². The van der Waals surface area contributed by atoms with Gasteiger partial charge in [-0.25, -0.2) is 14.5 Å². The van der Waals surface area contributed by atoms with Crippen molar-refractivity contribution in [2.75, 3.05) is 19.0 Å². The van der Waals surface area contributed by atoms with Gasteiger partial charge in [0.15, 0.2) is 5.78 Å². The Bertz CT molecular complexity index is 1280. The van der Waals surface area contributed by atoms with Crippen LogP contribution in [0.25, 0.3) is 0 Å². The standard InChI is InChI=1S/C25H21F3N4O3/c1-30(2)23(34)32-22(16-11-9-15(14-29)10-12-16)21-19(7-4-8-20(21)33)31(24(32)35)18-6-3-5-17(13-18)25(26,27)28/h3,5-6,9-13,22H,4,7-8H2,1-2H3. The molecular formula is C25H21F3N4O3. The zero-order chi connectivity index (χ0) is 25.5. The van der Waals surface area contributed by atoms with Crippen molar-refractivity contribution in [3.8, 4) is 6.07 Å². The Hall–Kier alpha value is -4.13. The number of carbonyl (C=O) groups excluding carboxylic acids is 3. The van der Waals surface area contributed by atoms with Gasteiger partial charge in [-0.1, -0.05) is 18.2 Å². The van der Waals surface area contributed by atoms with Crippen LogP contribution in [0.3, 0.4) is 0 Å². The van der Waals surface area contributed by atoms with Crippen LogP contribution in [-0.2, 0) is 11.0 Å². The molecule has 1 atom stereocenters. The molecule has 10 heteroatoms. The Morgan fingerprint density at radius 3 is 2.37 bits per heavy atom. The first-order valence-corrected chi connectivity index (χ1v) is 10.8. The zero-order valence-corrected chi connectivity index (χ0v) is 19.0. The van der Waals surface area contributed by atoms with E-state index in [9.17, 15) is 27.6 Å². The van der Waals surface area contributed by atoms with Gasteiger partial charge in [0.1, 0.15) is 0 Å². The maximum atomic E-state index is 13.8. The summed E-state index contributed by atoms with van der Waals surface area (Å²) in [5, 5.41) is 9.14. The first-order valence-electron chi connectivity index (χ1n) is 10.8. The van der Waals surface area contributed by atoms with Crippen molar-refractivity contribution >= 4 is 23.5 Å². The minimum absolute atomic E-state index is 0.0816. The van der Waals surface area contributed by atoms with Gasteiger partial charge < -0.3 is 4.90 Å². The molecule has 1 aliphatic heterocycles. The summed E-state index contributed by atoms with van der Waals surface area (Å²) in [4.78, 5) is 43.4. The Morgan fingerprint density at radius 2 is 1.77 bits per heavy atom. The largest absolute Gasteiger partial charge is 0.416 e. The van der Waals surface area contributed by atoms with Gasteiger partial charge in [-0.15, -0.1) is 0 Å². The topological polar surface area (TPSA) is 84.7 Å². The van der Waals surface area contributed by atoms with Crippen LogP contribution in [0.1, 0.15) is 42.0 Å². The maximum absolute atomic E-state index is 13.8. The lowest BCUT2D eigenvalue weighted by Gasteiger charge is -2.44. The summed E-state index contributed by atoms with van der Waals surface area (Å²) in [5.74, 6) is -0.290. The number of benzene rings is 2. The molecule has 0 radical (unpaired) electrons. The number of hydrogen-bond acceptors (Lipinski definition) is 4. The minimum atomic E-state index is -4.64. The molecule has 1 unspecified atom stereocenters. The molecule has 0 N–H and O–H groups in total. The molecule has 0 saturated heterocycles. The number of nitriles is 1. The van der Waals surface area contributed by atoms with E-state index in [-0.39, 0.29) is 35.6 Å². The third kappa shape index (κ3) is 4.25. The number of allylic oxidation sites excluding steroid dienone is 1. The normalized spacial score (nSPS) is 18.3. The van der Waals surface area contributed by atoms with E-state index < -0.39 is 29.8 Å². The summed E-state index contributed by atoms with van der Waals surface area (Å²) in [6.07, 6.45) is -3.76. The second-order valence-corrected chi connectivity index (χ2v) is 8.49. The predicted molar refractivity (Wildman–Crippen MR) is 120 cm³/mol. The molecule has 0 saturated carbocycles. The fourth-order valence-electron chi connectivity index (χ4n) is 4.40. The van der Waals surface area contributed by atoms with Crippen LogP contribution in [-0.4, -0.2) is 41.7 Å². The highest BCUT2D eigenvalue weighted by molar-refractivity contribution is 6.11. The van der Waals surface area contributed by atoms with Crippen molar-refractivity contribution < 1.29 is 27.6 Å². The van der Waals surface area contributed by atoms with Gasteiger partial charge in [0, 0.05) is 31.8 Å². The van der Waals surface area contributed by atoms with Gasteiger partial charge in [-0.05, 0) is 48.7 Å². The van der Waals surface area contributed by atoms with Crippen molar-refractivity contribution in [3.05, 3.63) is 76.5 Å². The van der Waals surface area contributed by atoms with Crippen LogP contribution in [0.2, 0.25) is 0 Å². The average Bonchev–Trinajstić information content (AvgIpc) is 2.82. The van der Waals surface area contributed by atoms with E-state index in [4.69, 9.17) is 5.26 Å². The van der Waals surface area contributed by atoms with Crippen LogP contribution in [0, 0.1) is 11.3 Å². The quantitative estimate of drug-likeness (QED) is 0.585. The zero-order valence-electron chi connectivity index (χ0n) is 19.0. The number of alkyl halides is 3. The van der Waals surface area contributed by atoms with E-state index in [0.29, 0.717) is 17.5 Å². The number of carbonyl (C=O) groups is 3. The number of nitrogens with zero attached hydrogens (tertiary/aromatic N) is 4. The Labute approximate surface area is 199 Å². The molecule has 35 heavy (non-hydrogen) atoms. The van der Waals surface area contributed by atoms with Crippen molar-refractivity contribution in [2.24, 2.45) is 0 Å². The van der Waals surface area contributed by atoms with Gasteiger partial charge in [-0.2, -0.15) is 18.4 Å². The highest BCUT2D eigenvalue weighted by Crippen LogP contribution is 2.45. The second kappa shape index (κ2) is 8.91. The Kier molecular flexibility index (Phi) is 6.11. The molecule has 4 amide bonds. The molecule has 1 aliphatic carbocycles. The monoisotopic (exact) mass is 482 g/mol. The second-order valence-electron chi connectivity index (χ2n) is 8.49. The molecule has 180 valence electrons. The maximum Gasteiger partial charge on any atom is 0.416 e. The van der Waals surface area contributed by atoms with E-state index >= 15 is 0 Å². The van der Waals surface area contributed by atoms with Gasteiger partial charge >= 0.3 is 18.2 Å². The van der Waals surface area contributed by atoms with Crippen LogP contribution in [0.4, 0.5) is 28.4 Å². The minimum Gasteiger partial charge on any atom is -0.330 e. The molecule has 4 rings (SSSR count). The third-order valence-electron chi connectivity index (χ3n) is 6.00. The fraction of sp³-hybridized carbons (Fsp3) is 0.280. The van der Waals surface area contributed by atoms with Gasteiger partial charge in [0.2, 0.25) is 0 Å². The van der Waals surface area contributed by atoms with Crippen LogP contribution < -0.4 is 4.90 Å². The fourth-order valence-corrected chi connectivity index (χ4v) is 4.40. The number of urea groups is 2. The highest BCUT2D eigenvalue weighted by Gasteiger charge is 2.48. The van der Waals surface area contributed by atoms with Crippen LogP contribution >= 0.6 is 0 Å². The predicted octanol–water partition coefficient (Wildman–Crippen LogP) is 5.25. The van der Waals surface area contributed by atoms with E-state index in [0.717, 1.165) is 26.8 Å². The van der Waals surface area contributed by atoms with Crippen molar-refractivity contribution in [1.82, 2.24) is 9.80 Å². The highest BCUT2D eigenvalue weighted by atomic mass is 19.4. The molecular weight excluding hydrogens is 461 g/mol. The molecule has 7 nitrogen and oxygen atoms in total. The molecule has 2 aromatic carbocycles. The number of rotatable bonds is 2. The average molecular weight is 482 g/mol. The molecule has 0 bridgehead atoms. The van der Waals surface area contributed by atoms with Crippen molar-refractivity contribution in [1.29, 1.82) is 5.26 Å². The summed E-state index contributed by atoms with van der Waals surface area (Å²) < 4.78 is 40.3.